The van der Waals surface area contributed by atoms with Gasteiger partial charge >= 0.3 is 0 Å². The lowest BCUT2D eigenvalue weighted by atomic mass is 9.83. The van der Waals surface area contributed by atoms with E-state index in [0.717, 1.165) is 24.9 Å². The largest absolute Gasteiger partial charge is 0.337 e. The van der Waals surface area contributed by atoms with Crippen LogP contribution >= 0.6 is 11.8 Å². The smallest absolute Gasteiger partial charge is 0.234 e. The monoisotopic (exact) mass is 356 g/mol. The average molecular weight is 356 g/mol. The van der Waals surface area contributed by atoms with Gasteiger partial charge in [0.2, 0.25) is 11.1 Å². The van der Waals surface area contributed by atoms with Gasteiger partial charge < -0.3 is 5.32 Å². The minimum atomic E-state index is -0.727. The third-order valence-electron chi connectivity index (χ3n) is 4.38. The number of nitrogens with one attached hydrogen (secondary N) is 1. The van der Waals surface area contributed by atoms with Crippen molar-refractivity contribution in [2.75, 3.05) is 0 Å². The van der Waals surface area contributed by atoms with E-state index in [2.05, 4.69) is 26.9 Å². The molecule has 1 aromatic heterocycles. The Bertz CT molecular complexity index is 763. The second kappa shape index (κ2) is 7.66. The lowest BCUT2D eigenvalue weighted by molar-refractivity contribution is -0.121. The quantitative estimate of drug-likeness (QED) is 0.827. The molecule has 0 bridgehead atoms. The summed E-state index contributed by atoms with van der Waals surface area (Å²) < 4.78 is 1.61. The molecule has 2 aromatic rings. The fourth-order valence-electron chi connectivity index (χ4n) is 2.95. The second-order valence-corrected chi connectivity index (χ2v) is 7.52. The van der Waals surface area contributed by atoms with Gasteiger partial charge in [0.1, 0.15) is 5.54 Å². The first-order chi connectivity index (χ1) is 12.1. The Morgan fingerprint density at radius 1 is 1.32 bits per heavy atom. The molecular weight excluding hydrogens is 336 g/mol. The molecule has 0 spiro atoms. The Morgan fingerprint density at radius 2 is 2.04 bits per heavy atom. The normalized spacial score (nSPS) is 17.4. The maximum absolute atomic E-state index is 12.6. The lowest BCUT2D eigenvalue weighted by Gasteiger charge is -2.32. The number of nitrogens with zero attached hydrogens (tertiary/aromatic N) is 5. The van der Waals surface area contributed by atoms with Crippen LogP contribution in [0.4, 0.5) is 0 Å². The Hall–Kier alpha value is -2.40. The van der Waals surface area contributed by atoms with E-state index in [1.54, 1.807) is 11.6 Å². The van der Waals surface area contributed by atoms with E-state index < -0.39 is 10.8 Å². The van der Waals surface area contributed by atoms with Crippen molar-refractivity contribution in [3.63, 3.8) is 0 Å². The Labute approximate surface area is 150 Å². The molecule has 1 aliphatic rings. The maximum Gasteiger partial charge on any atom is 0.234 e. The van der Waals surface area contributed by atoms with E-state index in [4.69, 9.17) is 0 Å². The molecule has 1 fully saturated rings. The van der Waals surface area contributed by atoms with Gasteiger partial charge in [-0.2, -0.15) is 9.94 Å². The molecule has 1 amide bonds. The number of nitriles is 1. The summed E-state index contributed by atoms with van der Waals surface area (Å²) in [5, 5.41) is 24.3. The highest BCUT2D eigenvalue weighted by Crippen LogP contribution is 2.29. The Kier molecular flexibility index (Phi) is 5.34. The van der Waals surface area contributed by atoms with E-state index in [1.807, 2.05) is 30.3 Å². The molecule has 0 unspecified atom stereocenters. The molecule has 0 radical (unpaired) electrons. The molecule has 8 heteroatoms. The zero-order chi connectivity index (χ0) is 17.7. The van der Waals surface area contributed by atoms with Gasteiger partial charge in [-0.1, -0.05) is 49.2 Å². The van der Waals surface area contributed by atoms with E-state index in [0.29, 0.717) is 18.0 Å². The summed E-state index contributed by atoms with van der Waals surface area (Å²) in [6.45, 7) is 1.80. The van der Waals surface area contributed by atoms with Gasteiger partial charge in [0.25, 0.3) is 0 Å². The molecule has 1 aromatic carbocycles. The van der Waals surface area contributed by atoms with Crippen LogP contribution < -0.4 is 5.32 Å². The van der Waals surface area contributed by atoms with Crippen molar-refractivity contribution in [2.24, 2.45) is 0 Å². The average Bonchev–Trinajstić information content (AvgIpc) is 3.11. The van der Waals surface area contributed by atoms with Crippen molar-refractivity contribution in [1.82, 2.24) is 25.5 Å². The number of rotatable bonds is 5. The molecule has 25 heavy (non-hydrogen) atoms. The third kappa shape index (κ3) is 3.99. The van der Waals surface area contributed by atoms with Crippen LogP contribution in [-0.4, -0.2) is 36.9 Å². The molecule has 1 aliphatic carbocycles. The first-order valence-electron chi connectivity index (χ1n) is 8.37. The van der Waals surface area contributed by atoms with Gasteiger partial charge in [-0.25, -0.2) is 0 Å². The molecule has 7 nitrogen and oxygen atoms in total. The van der Waals surface area contributed by atoms with Crippen LogP contribution in [0.15, 0.2) is 35.5 Å². The molecule has 1 saturated carbocycles. The summed E-state index contributed by atoms with van der Waals surface area (Å²) >= 11 is 1.28. The van der Waals surface area contributed by atoms with Crippen LogP contribution in [0.1, 0.15) is 39.0 Å². The number of hydrogen-bond acceptors (Lipinski definition) is 6. The van der Waals surface area contributed by atoms with E-state index >= 15 is 0 Å². The van der Waals surface area contributed by atoms with E-state index in [-0.39, 0.29) is 5.91 Å². The predicted octanol–water partition coefficient (Wildman–Crippen LogP) is 2.49. The van der Waals surface area contributed by atoms with Crippen LogP contribution in [0, 0.1) is 11.3 Å². The zero-order valence-electron chi connectivity index (χ0n) is 14.1. The van der Waals surface area contributed by atoms with Crippen LogP contribution in [0.5, 0.6) is 0 Å². The summed E-state index contributed by atoms with van der Waals surface area (Å²) in [5.41, 5.74) is 0.110. The summed E-state index contributed by atoms with van der Waals surface area (Å²) in [7, 11) is 0. The Balaban J connectivity index is 1.69. The molecule has 0 saturated heterocycles. The second-order valence-electron chi connectivity index (χ2n) is 6.21. The maximum atomic E-state index is 12.6. The Morgan fingerprint density at radius 3 is 2.72 bits per heavy atom. The van der Waals surface area contributed by atoms with Crippen LogP contribution in [0.3, 0.4) is 0 Å². The molecule has 1 heterocycles. The first-order valence-corrected chi connectivity index (χ1v) is 9.25. The van der Waals surface area contributed by atoms with Crippen LogP contribution in [0.25, 0.3) is 5.69 Å². The van der Waals surface area contributed by atoms with E-state index in [1.165, 1.54) is 11.8 Å². The van der Waals surface area contributed by atoms with Gasteiger partial charge in [-0.3, -0.25) is 4.79 Å². The van der Waals surface area contributed by atoms with Gasteiger partial charge in [0.05, 0.1) is 17.0 Å². The number of benzene rings is 1. The highest BCUT2D eigenvalue weighted by molar-refractivity contribution is 8.00. The molecule has 1 atom stereocenters. The highest BCUT2D eigenvalue weighted by Gasteiger charge is 2.35. The summed E-state index contributed by atoms with van der Waals surface area (Å²) in [4.78, 5) is 12.6. The van der Waals surface area contributed by atoms with E-state index in [9.17, 15) is 10.1 Å². The highest BCUT2D eigenvalue weighted by atomic mass is 32.2. The zero-order valence-corrected chi connectivity index (χ0v) is 14.9. The van der Waals surface area contributed by atoms with Gasteiger partial charge in [0.15, 0.2) is 0 Å². The number of para-hydroxylation sites is 1. The number of carbonyl (C=O) groups excluding carboxylic acids is 1. The van der Waals surface area contributed by atoms with Gasteiger partial charge in [0, 0.05) is 0 Å². The van der Waals surface area contributed by atoms with Gasteiger partial charge in [-0.15, -0.1) is 5.10 Å². The molecule has 0 aliphatic heterocycles. The van der Waals surface area contributed by atoms with Crippen molar-refractivity contribution >= 4 is 17.7 Å². The van der Waals surface area contributed by atoms with Crippen LogP contribution in [0.2, 0.25) is 0 Å². The van der Waals surface area contributed by atoms with Gasteiger partial charge in [-0.05, 0) is 42.3 Å². The number of amides is 1. The predicted molar refractivity (Wildman–Crippen MR) is 94.0 cm³/mol. The molecule has 1 N–H and O–H groups in total. The minimum absolute atomic E-state index is 0.156. The van der Waals surface area contributed by atoms with Crippen molar-refractivity contribution < 1.29 is 4.79 Å². The summed E-state index contributed by atoms with van der Waals surface area (Å²) in [6, 6.07) is 11.8. The fourth-order valence-corrected chi connectivity index (χ4v) is 3.76. The fraction of sp³-hybridized carbons (Fsp3) is 0.471. The number of aromatic nitrogens is 4. The van der Waals surface area contributed by atoms with Crippen molar-refractivity contribution in [2.45, 2.75) is 55.0 Å². The SMILES string of the molecule is C[C@@H](Sc1nnnn1-c1ccccc1)C(=O)NC1(C#N)CCCCC1. The molecule has 130 valence electrons. The van der Waals surface area contributed by atoms with Crippen molar-refractivity contribution in [3.8, 4) is 11.8 Å². The third-order valence-corrected chi connectivity index (χ3v) is 5.41. The molecular formula is C17H20N6OS. The summed E-state index contributed by atoms with van der Waals surface area (Å²) in [5.74, 6) is -0.156. The van der Waals surface area contributed by atoms with Crippen molar-refractivity contribution in [1.29, 1.82) is 5.26 Å². The first kappa shape index (κ1) is 17.4. The summed E-state index contributed by atoms with van der Waals surface area (Å²) in [6.07, 6.45) is 4.50. The lowest BCUT2D eigenvalue weighted by Crippen LogP contribution is -2.50. The topological polar surface area (TPSA) is 96.5 Å². The van der Waals surface area contributed by atoms with Crippen molar-refractivity contribution in [3.05, 3.63) is 30.3 Å². The number of hydrogen-bond donors (Lipinski definition) is 1. The number of thioether (sulfide) groups is 1. The number of tetrazole rings is 1. The van der Waals surface area contributed by atoms with Crippen LogP contribution in [-0.2, 0) is 4.79 Å². The number of carbonyl (C=O) groups is 1. The standard InChI is InChI=1S/C17H20N6OS/c1-13(15(24)19-17(12-18)10-6-3-7-11-17)25-16-20-21-22-23(16)14-8-4-2-5-9-14/h2,4-5,8-9,13H,3,6-7,10-11H2,1H3,(H,19,24)/t13-/m1/s1. The molecule has 3 rings (SSSR count). The minimum Gasteiger partial charge on any atom is -0.337 e.